The van der Waals surface area contributed by atoms with Crippen LogP contribution in [0.4, 0.5) is 5.69 Å². The van der Waals surface area contributed by atoms with Crippen molar-refractivity contribution in [3.05, 3.63) is 114 Å². The molecule has 0 aliphatic heterocycles. The molecule has 0 spiro atoms. The van der Waals surface area contributed by atoms with E-state index in [1.54, 1.807) is 43.6 Å². The molecule has 0 atom stereocenters. The zero-order valence-electron chi connectivity index (χ0n) is 18.2. The van der Waals surface area contributed by atoms with E-state index in [2.05, 4.69) is 10.3 Å². The Kier molecular flexibility index (Phi) is 7.18. The van der Waals surface area contributed by atoms with Crippen molar-refractivity contribution < 1.29 is 19.0 Å². The summed E-state index contributed by atoms with van der Waals surface area (Å²) in [7, 11) is 1.56. The monoisotopic (exact) mass is 440 g/mol. The lowest BCUT2D eigenvalue weighted by atomic mass is 10.2. The zero-order valence-corrected chi connectivity index (χ0v) is 18.2. The third-order valence-corrected chi connectivity index (χ3v) is 4.89. The smallest absolute Gasteiger partial charge is 0.255 e. The van der Waals surface area contributed by atoms with Crippen molar-refractivity contribution in [2.75, 3.05) is 12.4 Å². The molecule has 0 unspecified atom stereocenters. The topological polar surface area (TPSA) is 69.7 Å². The summed E-state index contributed by atoms with van der Waals surface area (Å²) in [5, 5.41) is 2.88. The Morgan fingerprint density at radius 2 is 1.48 bits per heavy atom. The summed E-state index contributed by atoms with van der Waals surface area (Å²) in [5.74, 6) is 1.18. The van der Waals surface area contributed by atoms with Crippen molar-refractivity contribution in [1.82, 2.24) is 4.98 Å². The number of ether oxygens (including phenoxy) is 3. The Morgan fingerprint density at radius 3 is 2.15 bits per heavy atom. The van der Waals surface area contributed by atoms with E-state index in [-0.39, 0.29) is 5.91 Å². The van der Waals surface area contributed by atoms with E-state index < -0.39 is 0 Å². The molecule has 3 aromatic carbocycles. The van der Waals surface area contributed by atoms with Crippen LogP contribution in [0.1, 0.15) is 21.5 Å². The number of nitrogens with one attached hydrogen (secondary N) is 1. The van der Waals surface area contributed by atoms with Gasteiger partial charge in [0.1, 0.15) is 30.4 Å². The maximum Gasteiger partial charge on any atom is 0.255 e. The van der Waals surface area contributed by atoms with E-state index >= 15 is 0 Å². The average molecular weight is 440 g/mol. The number of benzene rings is 3. The molecule has 33 heavy (non-hydrogen) atoms. The second-order valence-electron chi connectivity index (χ2n) is 7.25. The van der Waals surface area contributed by atoms with Gasteiger partial charge < -0.3 is 19.5 Å². The van der Waals surface area contributed by atoms with Crippen LogP contribution in [0.5, 0.6) is 17.4 Å². The molecule has 0 aliphatic carbocycles. The van der Waals surface area contributed by atoms with Crippen molar-refractivity contribution in [2.24, 2.45) is 0 Å². The van der Waals surface area contributed by atoms with Crippen molar-refractivity contribution in [3.63, 3.8) is 0 Å². The number of nitrogens with zero attached hydrogens (tertiary/aromatic N) is 1. The molecule has 4 rings (SSSR count). The Labute approximate surface area is 192 Å². The molecule has 0 aliphatic rings. The Morgan fingerprint density at radius 1 is 0.818 bits per heavy atom. The maximum atomic E-state index is 12.8. The van der Waals surface area contributed by atoms with Gasteiger partial charge in [0, 0.05) is 11.6 Å². The minimum Gasteiger partial charge on any atom is -0.497 e. The SMILES string of the molecule is COc1cccc(C(=O)Nc2cnc(OCc3ccccc3)cc2OCc2ccccc2)c1. The van der Waals surface area contributed by atoms with Gasteiger partial charge in [-0.05, 0) is 29.3 Å². The van der Waals surface area contributed by atoms with Gasteiger partial charge in [0.2, 0.25) is 5.88 Å². The van der Waals surface area contributed by atoms with Gasteiger partial charge in [-0.25, -0.2) is 4.98 Å². The van der Waals surface area contributed by atoms with Crippen LogP contribution in [0.2, 0.25) is 0 Å². The summed E-state index contributed by atoms with van der Waals surface area (Å²) >= 11 is 0. The minimum absolute atomic E-state index is 0.293. The molecule has 166 valence electrons. The maximum absolute atomic E-state index is 12.8. The number of rotatable bonds is 9. The normalized spacial score (nSPS) is 10.3. The number of hydrogen-bond donors (Lipinski definition) is 1. The summed E-state index contributed by atoms with van der Waals surface area (Å²) in [6, 6.07) is 28.2. The third kappa shape index (κ3) is 6.11. The number of carbonyl (C=O) groups excluding carboxylic acids is 1. The molecular formula is C27H24N2O4. The fourth-order valence-corrected chi connectivity index (χ4v) is 3.14. The van der Waals surface area contributed by atoms with Gasteiger partial charge in [-0.3, -0.25) is 4.79 Å². The minimum atomic E-state index is -0.293. The van der Waals surface area contributed by atoms with Crippen LogP contribution in [0.3, 0.4) is 0 Å². The summed E-state index contributed by atoms with van der Waals surface area (Å²) in [5.41, 5.74) is 2.95. The number of hydrogen-bond acceptors (Lipinski definition) is 5. The Hall–Kier alpha value is -4.32. The van der Waals surface area contributed by atoms with Crippen LogP contribution >= 0.6 is 0 Å². The highest BCUT2D eigenvalue weighted by Gasteiger charge is 2.14. The van der Waals surface area contributed by atoms with Crippen molar-refractivity contribution in [3.8, 4) is 17.4 Å². The molecule has 6 nitrogen and oxygen atoms in total. The molecule has 0 saturated heterocycles. The van der Waals surface area contributed by atoms with Gasteiger partial charge in [-0.1, -0.05) is 66.7 Å². The van der Waals surface area contributed by atoms with Crippen LogP contribution in [-0.4, -0.2) is 18.0 Å². The lowest BCUT2D eigenvalue weighted by Crippen LogP contribution is -2.13. The van der Waals surface area contributed by atoms with E-state index in [0.717, 1.165) is 11.1 Å². The summed E-state index contributed by atoms with van der Waals surface area (Å²) in [6.07, 6.45) is 1.54. The van der Waals surface area contributed by atoms with E-state index in [0.29, 0.717) is 41.8 Å². The largest absolute Gasteiger partial charge is 0.497 e. The fraction of sp³-hybridized carbons (Fsp3) is 0.111. The van der Waals surface area contributed by atoms with Gasteiger partial charge in [0.15, 0.2) is 0 Å². The standard InChI is InChI=1S/C27H24N2O4/c1-31-23-14-8-13-22(15-23)27(30)29-24-17-28-26(33-19-21-11-6-3-7-12-21)16-25(24)32-18-20-9-4-2-5-10-20/h2-17H,18-19H2,1H3,(H,29,30). The molecule has 6 heteroatoms. The number of aromatic nitrogens is 1. The molecule has 4 aromatic rings. The molecule has 1 aromatic heterocycles. The number of methoxy groups -OCH3 is 1. The number of carbonyl (C=O) groups is 1. The molecule has 1 heterocycles. The Bertz CT molecular complexity index is 1200. The molecular weight excluding hydrogens is 416 g/mol. The highest BCUT2D eigenvalue weighted by Crippen LogP contribution is 2.29. The van der Waals surface area contributed by atoms with Gasteiger partial charge in [-0.2, -0.15) is 0 Å². The van der Waals surface area contributed by atoms with Crippen molar-refractivity contribution >= 4 is 11.6 Å². The van der Waals surface area contributed by atoms with Crippen molar-refractivity contribution in [1.29, 1.82) is 0 Å². The third-order valence-electron chi connectivity index (χ3n) is 4.89. The van der Waals surface area contributed by atoms with Crippen LogP contribution in [0.25, 0.3) is 0 Å². The molecule has 0 saturated carbocycles. The summed E-state index contributed by atoms with van der Waals surface area (Å²) < 4.78 is 17.1. The second kappa shape index (κ2) is 10.8. The lowest BCUT2D eigenvalue weighted by molar-refractivity contribution is 0.102. The van der Waals surface area contributed by atoms with Gasteiger partial charge >= 0.3 is 0 Å². The van der Waals surface area contributed by atoms with E-state index in [9.17, 15) is 4.79 Å². The van der Waals surface area contributed by atoms with Crippen LogP contribution in [-0.2, 0) is 13.2 Å². The first-order chi connectivity index (χ1) is 16.2. The highest BCUT2D eigenvalue weighted by atomic mass is 16.5. The average Bonchev–Trinajstić information content (AvgIpc) is 2.88. The lowest BCUT2D eigenvalue weighted by Gasteiger charge is -2.14. The van der Waals surface area contributed by atoms with Crippen LogP contribution in [0, 0.1) is 0 Å². The molecule has 1 amide bonds. The quantitative estimate of drug-likeness (QED) is 0.372. The fourth-order valence-electron chi connectivity index (χ4n) is 3.14. The van der Waals surface area contributed by atoms with Gasteiger partial charge in [-0.15, -0.1) is 0 Å². The number of pyridine rings is 1. The first kappa shape index (κ1) is 21.9. The Balaban J connectivity index is 1.53. The zero-order chi connectivity index (χ0) is 22.9. The van der Waals surface area contributed by atoms with E-state index in [1.165, 1.54) is 0 Å². The predicted molar refractivity (Wildman–Crippen MR) is 127 cm³/mol. The molecule has 1 N–H and O–H groups in total. The highest BCUT2D eigenvalue weighted by molar-refractivity contribution is 6.05. The molecule has 0 radical (unpaired) electrons. The van der Waals surface area contributed by atoms with Crippen LogP contribution in [0.15, 0.2) is 97.2 Å². The number of anilines is 1. The second-order valence-corrected chi connectivity index (χ2v) is 7.25. The molecule has 0 bridgehead atoms. The van der Waals surface area contributed by atoms with Gasteiger partial charge in [0.05, 0.1) is 13.3 Å². The summed E-state index contributed by atoms with van der Waals surface area (Å²) in [4.78, 5) is 17.2. The molecule has 0 fully saturated rings. The van der Waals surface area contributed by atoms with E-state index in [1.807, 2.05) is 60.7 Å². The predicted octanol–water partition coefficient (Wildman–Crippen LogP) is 5.50. The van der Waals surface area contributed by atoms with Gasteiger partial charge in [0.25, 0.3) is 5.91 Å². The first-order valence-electron chi connectivity index (χ1n) is 10.5. The number of amides is 1. The van der Waals surface area contributed by atoms with Crippen molar-refractivity contribution in [2.45, 2.75) is 13.2 Å². The first-order valence-corrected chi connectivity index (χ1v) is 10.5. The van der Waals surface area contributed by atoms with Crippen LogP contribution < -0.4 is 19.5 Å². The van der Waals surface area contributed by atoms with E-state index in [4.69, 9.17) is 14.2 Å². The summed E-state index contributed by atoms with van der Waals surface area (Å²) in [6.45, 7) is 0.715.